The summed E-state index contributed by atoms with van der Waals surface area (Å²) in [6.45, 7) is 2.95. The van der Waals surface area contributed by atoms with Crippen LogP contribution in [0.4, 0.5) is 11.4 Å². The molecule has 0 saturated carbocycles. The van der Waals surface area contributed by atoms with Crippen molar-refractivity contribution in [3.63, 3.8) is 0 Å². The van der Waals surface area contributed by atoms with Crippen molar-refractivity contribution >= 4 is 57.3 Å². The number of carbonyl (C=O) groups is 1. The number of amides is 1. The fourth-order valence-corrected chi connectivity index (χ4v) is 4.34. The lowest BCUT2D eigenvalue weighted by molar-refractivity contribution is -0.115. The van der Waals surface area contributed by atoms with Gasteiger partial charge >= 0.3 is 0 Å². The largest absolute Gasteiger partial charge is 0.378 e. The summed E-state index contributed by atoms with van der Waals surface area (Å²) in [6.07, 6.45) is 2.03. The van der Waals surface area contributed by atoms with Gasteiger partial charge in [0.15, 0.2) is 0 Å². The molecule has 0 unspecified atom stereocenters. The van der Waals surface area contributed by atoms with Crippen molar-refractivity contribution in [2.45, 2.75) is 4.90 Å². The summed E-state index contributed by atoms with van der Waals surface area (Å²) >= 11 is 8.60. The van der Waals surface area contributed by atoms with Crippen molar-refractivity contribution in [3.05, 3.63) is 54.6 Å². The minimum Gasteiger partial charge on any atom is -0.378 e. The number of carbonyl (C=O) groups excluding carboxylic acids is 1. The van der Waals surface area contributed by atoms with Crippen LogP contribution in [0.3, 0.4) is 0 Å². The van der Waals surface area contributed by atoms with Gasteiger partial charge in [-0.1, -0.05) is 48.2 Å². The molecule has 0 aliphatic carbocycles. The number of morpholine rings is 1. The summed E-state index contributed by atoms with van der Waals surface area (Å²) in [5.74, 6) is 0.314. The zero-order valence-electron chi connectivity index (χ0n) is 15.2. The molecule has 2 aromatic carbocycles. The molecule has 1 amide bonds. The van der Waals surface area contributed by atoms with Gasteiger partial charge in [0.2, 0.25) is 5.91 Å². The van der Waals surface area contributed by atoms with Crippen LogP contribution in [0, 0.1) is 0 Å². The predicted octanol–water partition coefficient (Wildman–Crippen LogP) is 4.42. The zero-order chi connectivity index (χ0) is 19.1. The number of nitrogens with zero attached hydrogens (tertiary/aromatic N) is 2. The van der Waals surface area contributed by atoms with Crippen LogP contribution in [0.5, 0.6) is 0 Å². The predicted molar refractivity (Wildman–Crippen MR) is 119 cm³/mol. The first-order valence-corrected chi connectivity index (χ1v) is 11.3. The number of thioether (sulfide) groups is 2. The maximum atomic E-state index is 13.1. The summed E-state index contributed by atoms with van der Waals surface area (Å²) in [5.41, 5.74) is 1.73. The van der Waals surface area contributed by atoms with Gasteiger partial charge in [-0.2, -0.15) is 0 Å². The molecular weight excluding hydrogens is 396 g/mol. The van der Waals surface area contributed by atoms with Crippen molar-refractivity contribution in [1.82, 2.24) is 4.90 Å². The minimum atomic E-state index is 0.0139. The molecule has 27 heavy (non-hydrogen) atoms. The van der Waals surface area contributed by atoms with Gasteiger partial charge in [0.25, 0.3) is 0 Å². The number of thiocarbonyl (C=S) groups is 1. The molecule has 3 rings (SSSR count). The van der Waals surface area contributed by atoms with Gasteiger partial charge in [-0.05, 0) is 36.6 Å². The third-order valence-electron chi connectivity index (χ3n) is 4.16. The van der Waals surface area contributed by atoms with E-state index in [-0.39, 0.29) is 5.91 Å². The molecular formula is C20H22N2O2S3. The Labute approximate surface area is 174 Å². The molecule has 2 aromatic rings. The quantitative estimate of drug-likeness (QED) is 0.528. The molecule has 1 fully saturated rings. The van der Waals surface area contributed by atoms with E-state index in [1.807, 2.05) is 60.9 Å². The number of ether oxygens (including phenoxy) is 1. The number of hydrogen-bond donors (Lipinski definition) is 0. The van der Waals surface area contributed by atoms with E-state index in [2.05, 4.69) is 4.90 Å². The number of hydrogen-bond acceptors (Lipinski definition) is 5. The lowest BCUT2D eigenvalue weighted by Crippen LogP contribution is -2.39. The first-order valence-electron chi connectivity index (χ1n) is 8.70. The fraction of sp³-hybridized carbons (Fsp3) is 0.300. The second-order valence-electron chi connectivity index (χ2n) is 5.92. The summed E-state index contributed by atoms with van der Waals surface area (Å²) in [4.78, 5) is 18.1. The highest BCUT2D eigenvalue weighted by atomic mass is 32.2. The Morgan fingerprint density at radius 1 is 1.11 bits per heavy atom. The molecule has 4 nitrogen and oxygen atoms in total. The molecule has 1 aliphatic rings. The maximum absolute atomic E-state index is 13.1. The van der Waals surface area contributed by atoms with Crippen molar-refractivity contribution in [1.29, 1.82) is 0 Å². The number of benzene rings is 2. The average molecular weight is 419 g/mol. The van der Waals surface area contributed by atoms with E-state index in [1.165, 1.54) is 11.8 Å². The molecule has 0 bridgehead atoms. The van der Waals surface area contributed by atoms with Crippen molar-refractivity contribution in [2.75, 3.05) is 43.2 Å². The van der Waals surface area contributed by atoms with Crippen LogP contribution in [0.1, 0.15) is 0 Å². The topological polar surface area (TPSA) is 32.8 Å². The van der Waals surface area contributed by atoms with Crippen molar-refractivity contribution < 1.29 is 9.53 Å². The van der Waals surface area contributed by atoms with E-state index in [0.717, 1.165) is 33.7 Å². The van der Waals surface area contributed by atoms with Crippen LogP contribution in [-0.4, -0.2) is 53.4 Å². The van der Waals surface area contributed by atoms with Gasteiger partial charge in [0.1, 0.15) is 4.32 Å². The normalized spacial score (nSPS) is 14.0. The number of para-hydroxylation sites is 1. The first kappa shape index (κ1) is 20.2. The SMILES string of the molecule is CSc1cccc(N(C(=O)CSC(=S)N2CCOCC2)c2ccccc2)c1. The molecule has 1 aliphatic heterocycles. The Morgan fingerprint density at radius 3 is 2.52 bits per heavy atom. The molecule has 0 aromatic heterocycles. The summed E-state index contributed by atoms with van der Waals surface area (Å²) in [5, 5.41) is 0. The van der Waals surface area contributed by atoms with Crippen LogP contribution in [-0.2, 0) is 9.53 Å². The second kappa shape index (κ2) is 10.1. The average Bonchev–Trinajstić information content (AvgIpc) is 2.74. The molecule has 1 heterocycles. The highest BCUT2D eigenvalue weighted by Crippen LogP contribution is 2.29. The van der Waals surface area contributed by atoms with Gasteiger partial charge in [0.05, 0.1) is 24.7 Å². The van der Waals surface area contributed by atoms with Gasteiger partial charge < -0.3 is 9.64 Å². The number of anilines is 2. The van der Waals surface area contributed by atoms with Crippen LogP contribution < -0.4 is 4.90 Å². The summed E-state index contributed by atoms with van der Waals surface area (Å²) in [7, 11) is 0. The Balaban J connectivity index is 1.76. The first-order chi connectivity index (χ1) is 13.2. The smallest absolute Gasteiger partial charge is 0.241 e. The Kier molecular flexibility index (Phi) is 7.58. The van der Waals surface area contributed by atoms with Gasteiger partial charge in [-0.15, -0.1) is 11.8 Å². The monoisotopic (exact) mass is 418 g/mol. The summed E-state index contributed by atoms with van der Waals surface area (Å²) in [6, 6.07) is 17.8. The fourth-order valence-electron chi connectivity index (χ4n) is 2.79. The highest BCUT2D eigenvalue weighted by molar-refractivity contribution is 8.23. The van der Waals surface area contributed by atoms with E-state index in [9.17, 15) is 4.79 Å². The Morgan fingerprint density at radius 2 is 1.81 bits per heavy atom. The van der Waals surface area contributed by atoms with E-state index >= 15 is 0 Å². The number of rotatable bonds is 5. The second-order valence-corrected chi connectivity index (χ2v) is 8.41. The molecule has 142 valence electrons. The van der Waals surface area contributed by atoms with E-state index < -0.39 is 0 Å². The van der Waals surface area contributed by atoms with Crippen LogP contribution >= 0.6 is 35.7 Å². The highest BCUT2D eigenvalue weighted by Gasteiger charge is 2.21. The van der Waals surface area contributed by atoms with Gasteiger partial charge in [0, 0.05) is 23.7 Å². The van der Waals surface area contributed by atoms with Gasteiger partial charge in [-0.3, -0.25) is 9.69 Å². The maximum Gasteiger partial charge on any atom is 0.241 e. The molecule has 0 atom stereocenters. The molecule has 0 spiro atoms. The Hall–Kier alpha value is -1.54. The third kappa shape index (κ3) is 5.48. The van der Waals surface area contributed by atoms with E-state index in [1.54, 1.807) is 16.7 Å². The Bertz CT molecular complexity index is 780. The van der Waals surface area contributed by atoms with Crippen LogP contribution in [0.15, 0.2) is 59.5 Å². The lowest BCUT2D eigenvalue weighted by Gasteiger charge is -2.29. The standard InChI is InChI=1S/C20H22N2O2S3/c1-26-18-9-5-8-17(14-18)22(16-6-3-2-4-7-16)19(23)15-27-20(25)21-10-12-24-13-11-21/h2-9,14H,10-13,15H2,1H3. The minimum absolute atomic E-state index is 0.0139. The van der Waals surface area contributed by atoms with Crippen molar-refractivity contribution in [2.24, 2.45) is 0 Å². The van der Waals surface area contributed by atoms with Crippen molar-refractivity contribution in [3.8, 4) is 0 Å². The van der Waals surface area contributed by atoms with E-state index in [4.69, 9.17) is 17.0 Å². The molecule has 0 radical (unpaired) electrons. The third-order valence-corrected chi connectivity index (χ3v) is 6.40. The zero-order valence-corrected chi connectivity index (χ0v) is 17.6. The summed E-state index contributed by atoms with van der Waals surface area (Å²) < 4.78 is 6.13. The van der Waals surface area contributed by atoms with Crippen LogP contribution in [0.25, 0.3) is 0 Å². The van der Waals surface area contributed by atoms with Crippen LogP contribution in [0.2, 0.25) is 0 Å². The van der Waals surface area contributed by atoms with Gasteiger partial charge in [-0.25, -0.2) is 0 Å². The molecule has 0 N–H and O–H groups in total. The lowest BCUT2D eigenvalue weighted by atomic mass is 10.2. The molecule has 1 saturated heterocycles. The molecule has 7 heteroatoms. The van der Waals surface area contributed by atoms with E-state index in [0.29, 0.717) is 19.0 Å².